The molecule has 0 spiro atoms. The minimum Gasteiger partial charge on any atom is -0.508 e. The van der Waals surface area contributed by atoms with Crippen molar-refractivity contribution >= 4 is 13.7 Å². The Labute approximate surface area is 233 Å². The number of aryl methyl sites for hydroxylation is 1. The predicted molar refractivity (Wildman–Crippen MR) is 154 cm³/mol. The van der Waals surface area contributed by atoms with Crippen molar-refractivity contribution in [2.45, 2.75) is 77.6 Å². The summed E-state index contributed by atoms with van der Waals surface area (Å²) in [5.41, 5.74) is 1.94. The zero-order valence-electron chi connectivity index (χ0n) is 23.3. The molecule has 0 unspecified atom stereocenters. The standard InChI is InChI=1S/C29H44NO7P.H3N/c1-2-3-4-5-6-7-8-9-22-36-28-12-10-11-26(24-28)15-18-29(32)30(21-23-37-38(33,34)35)20-19-25-13-16-27(31)17-14-25;/h10-14,16-17,24,31H,2-9,15,18-23H2,1H3,(H2,33,34,35);1H3. The van der Waals surface area contributed by atoms with Crippen molar-refractivity contribution in [3.05, 3.63) is 59.7 Å². The van der Waals surface area contributed by atoms with Crippen LogP contribution in [0.5, 0.6) is 11.5 Å². The zero-order valence-corrected chi connectivity index (χ0v) is 24.2. The van der Waals surface area contributed by atoms with Gasteiger partial charge in [-0.25, -0.2) is 4.57 Å². The first-order valence-corrected chi connectivity index (χ1v) is 15.3. The first-order valence-electron chi connectivity index (χ1n) is 13.7. The van der Waals surface area contributed by atoms with Crippen LogP contribution in [0, 0.1) is 0 Å². The maximum absolute atomic E-state index is 13.0. The minimum atomic E-state index is -4.61. The number of rotatable bonds is 20. The highest BCUT2D eigenvalue weighted by molar-refractivity contribution is 7.46. The smallest absolute Gasteiger partial charge is 0.469 e. The van der Waals surface area contributed by atoms with Gasteiger partial charge in [0, 0.05) is 19.5 Å². The van der Waals surface area contributed by atoms with E-state index >= 15 is 0 Å². The Hall–Kier alpha value is -2.42. The van der Waals surface area contributed by atoms with Gasteiger partial charge < -0.3 is 30.7 Å². The Balaban J connectivity index is 0.00000760. The van der Waals surface area contributed by atoms with Crippen molar-refractivity contribution in [3.63, 3.8) is 0 Å². The number of nitrogens with zero attached hydrogens (tertiary/aromatic N) is 1. The Morgan fingerprint density at radius 1 is 0.846 bits per heavy atom. The van der Waals surface area contributed by atoms with Crippen LogP contribution in [0.4, 0.5) is 0 Å². The number of phenolic OH excluding ortho intramolecular Hbond substituents is 1. The summed E-state index contributed by atoms with van der Waals surface area (Å²) in [6, 6.07) is 14.5. The third-order valence-electron chi connectivity index (χ3n) is 6.37. The van der Waals surface area contributed by atoms with Gasteiger partial charge in [-0.05, 0) is 54.7 Å². The molecule has 0 fully saturated rings. The van der Waals surface area contributed by atoms with Crippen LogP contribution in [-0.4, -0.2) is 52.0 Å². The number of phenols is 1. The van der Waals surface area contributed by atoms with Crippen LogP contribution in [0.2, 0.25) is 0 Å². The van der Waals surface area contributed by atoms with E-state index in [2.05, 4.69) is 11.4 Å². The molecule has 0 aromatic heterocycles. The highest BCUT2D eigenvalue weighted by Gasteiger charge is 2.18. The second-order valence-electron chi connectivity index (χ2n) is 9.59. The molecule has 0 saturated heterocycles. The van der Waals surface area contributed by atoms with E-state index in [0.717, 1.165) is 23.3 Å². The topological polar surface area (TPSA) is 152 Å². The molecule has 0 radical (unpaired) electrons. The number of carbonyl (C=O) groups is 1. The monoisotopic (exact) mass is 566 g/mol. The van der Waals surface area contributed by atoms with Gasteiger partial charge in [-0.2, -0.15) is 0 Å². The van der Waals surface area contributed by atoms with E-state index in [9.17, 15) is 14.5 Å². The Morgan fingerprint density at radius 3 is 2.18 bits per heavy atom. The number of phosphoric acid groups is 1. The molecule has 10 heteroatoms. The molecule has 1 amide bonds. The van der Waals surface area contributed by atoms with E-state index in [0.29, 0.717) is 26.0 Å². The lowest BCUT2D eigenvalue weighted by Crippen LogP contribution is -2.35. The summed E-state index contributed by atoms with van der Waals surface area (Å²) in [6.45, 7) is 3.10. The fraction of sp³-hybridized carbons (Fsp3) is 0.552. The van der Waals surface area contributed by atoms with Gasteiger partial charge in [0.25, 0.3) is 0 Å². The lowest BCUT2D eigenvalue weighted by atomic mass is 10.1. The highest BCUT2D eigenvalue weighted by Crippen LogP contribution is 2.35. The molecular weight excluding hydrogens is 519 g/mol. The first-order chi connectivity index (χ1) is 18.3. The summed E-state index contributed by atoms with van der Waals surface area (Å²) in [6.07, 6.45) is 11.3. The quantitative estimate of drug-likeness (QED) is 0.109. The molecule has 0 aliphatic rings. The van der Waals surface area contributed by atoms with Gasteiger partial charge in [-0.15, -0.1) is 0 Å². The molecule has 0 aliphatic heterocycles. The SMILES string of the molecule is CCCCCCCCCCOc1cccc(CCC(=O)N(CCOP(=O)(O)O)CCc2ccc(O)cc2)c1.N. The van der Waals surface area contributed by atoms with E-state index in [4.69, 9.17) is 14.5 Å². The van der Waals surface area contributed by atoms with Crippen LogP contribution in [-0.2, 0) is 26.7 Å². The van der Waals surface area contributed by atoms with Crippen molar-refractivity contribution < 1.29 is 33.5 Å². The molecule has 39 heavy (non-hydrogen) atoms. The predicted octanol–water partition coefficient (Wildman–Crippen LogP) is 6.19. The summed E-state index contributed by atoms with van der Waals surface area (Å²) in [4.78, 5) is 32.5. The molecule has 2 aromatic rings. The molecular formula is C29H47N2O7P. The summed E-state index contributed by atoms with van der Waals surface area (Å²) < 4.78 is 21.5. The Kier molecular flexibility index (Phi) is 17.4. The maximum atomic E-state index is 13.0. The number of aromatic hydroxyl groups is 1. The van der Waals surface area contributed by atoms with Crippen LogP contribution in [0.15, 0.2) is 48.5 Å². The van der Waals surface area contributed by atoms with Crippen LogP contribution in [0.3, 0.4) is 0 Å². The van der Waals surface area contributed by atoms with Crippen LogP contribution >= 0.6 is 7.82 Å². The molecule has 2 aromatic carbocycles. The number of phosphoric ester groups is 1. The van der Waals surface area contributed by atoms with E-state index in [1.807, 2.05) is 24.3 Å². The molecule has 0 bridgehead atoms. The van der Waals surface area contributed by atoms with Crippen LogP contribution < -0.4 is 10.9 Å². The van der Waals surface area contributed by atoms with Crippen LogP contribution in [0.25, 0.3) is 0 Å². The second kappa shape index (κ2) is 19.6. The maximum Gasteiger partial charge on any atom is 0.469 e. The second-order valence-corrected chi connectivity index (χ2v) is 10.8. The number of hydrogen-bond donors (Lipinski definition) is 4. The van der Waals surface area contributed by atoms with Gasteiger partial charge >= 0.3 is 7.82 Å². The van der Waals surface area contributed by atoms with Crippen LogP contribution in [0.1, 0.15) is 75.8 Å². The largest absolute Gasteiger partial charge is 0.508 e. The molecule has 0 saturated carbocycles. The van der Waals surface area contributed by atoms with Gasteiger partial charge in [0.1, 0.15) is 11.5 Å². The zero-order chi connectivity index (χ0) is 27.6. The van der Waals surface area contributed by atoms with Gasteiger partial charge in [0.05, 0.1) is 13.2 Å². The molecule has 6 N–H and O–H groups in total. The molecule has 2 rings (SSSR count). The lowest BCUT2D eigenvalue weighted by molar-refractivity contribution is -0.131. The van der Waals surface area contributed by atoms with Gasteiger partial charge in [0.2, 0.25) is 5.91 Å². The fourth-order valence-corrected chi connectivity index (χ4v) is 4.50. The number of ether oxygens (including phenoxy) is 1. The van der Waals surface area contributed by atoms with Gasteiger partial charge in [-0.3, -0.25) is 9.32 Å². The third-order valence-corrected chi connectivity index (χ3v) is 6.89. The number of unbranched alkanes of at least 4 members (excludes halogenated alkanes) is 7. The third kappa shape index (κ3) is 16.3. The van der Waals surface area contributed by atoms with Crippen molar-refractivity contribution in [2.75, 3.05) is 26.3 Å². The van der Waals surface area contributed by atoms with Crippen molar-refractivity contribution in [1.29, 1.82) is 0 Å². The van der Waals surface area contributed by atoms with Crippen molar-refractivity contribution in [1.82, 2.24) is 11.1 Å². The number of amides is 1. The Bertz CT molecular complexity index is 982. The average molecular weight is 567 g/mol. The number of benzene rings is 2. The Morgan fingerprint density at radius 2 is 1.51 bits per heavy atom. The minimum absolute atomic E-state index is 0. The summed E-state index contributed by atoms with van der Waals surface area (Å²) in [7, 11) is -4.61. The fourth-order valence-electron chi connectivity index (χ4n) is 4.18. The first kappa shape index (κ1) is 34.6. The number of hydrogen-bond acceptors (Lipinski definition) is 6. The molecule has 0 aliphatic carbocycles. The normalized spacial score (nSPS) is 11.2. The summed E-state index contributed by atoms with van der Waals surface area (Å²) >= 11 is 0. The molecule has 220 valence electrons. The van der Waals surface area contributed by atoms with Crippen molar-refractivity contribution in [3.8, 4) is 11.5 Å². The van der Waals surface area contributed by atoms with Gasteiger partial charge in [0.15, 0.2) is 0 Å². The van der Waals surface area contributed by atoms with E-state index in [-0.39, 0.29) is 37.4 Å². The van der Waals surface area contributed by atoms with E-state index < -0.39 is 7.82 Å². The summed E-state index contributed by atoms with van der Waals surface area (Å²) in [5.74, 6) is 0.848. The van der Waals surface area contributed by atoms with Crippen molar-refractivity contribution in [2.24, 2.45) is 0 Å². The van der Waals surface area contributed by atoms with Gasteiger partial charge in [-0.1, -0.05) is 76.1 Å². The number of carbonyl (C=O) groups excluding carboxylic acids is 1. The summed E-state index contributed by atoms with van der Waals surface area (Å²) in [5, 5.41) is 9.46. The molecule has 0 heterocycles. The van der Waals surface area contributed by atoms with E-state index in [1.54, 1.807) is 29.2 Å². The lowest BCUT2D eigenvalue weighted by Gasteiger charge is -2.23. The molecule has 0 atom stereocenters. The highest BCUT2D eigenvalue weighted by atomic mass is 31.2. The van der Waals surface area contributed by atoms with E-state index in [1.165, 1.54) is 44.9 Å². The average Bonchev–Trinajstić information content (AvgIpc) is 2.89. The molecule has 9 nitrogen and oxygen atoms in total.